The maximum atomic E-state index is 13.1. The first-order valence-corrected chi connectivity index (χ1v) is 19.9. The number of halogens is 2. The van der Waals surface area contributed by atoms with Crippen molar-refractivity contribution in [1.82, 2.24) is 3.26 Å². The van der Waals surface area contributed by atoms with Gasteiger partial charge in [0.1, 0.15) is 0 Å². The fourth-order valence-corrected chi connectivity index (χ4v) is 25.5. The van der Waals surface area contributed by atoms with Gasteiger partial charge in [0.25, 0.3) is 0 Å². The molecule has 0 fully saturated rings. The number of nitrogens with one attached hydrogen (secondary N) is 1. The van der Waals surface area contributed by atoms with Gasteiger partial charge in [0, 0.05) is 0 Å². The maximum Gasteiger partial charge on any atom is -1.00 e. The summed E-state index contributed by atoms with van der Waals surface area (Å²) < 4.78 is 4.12. The van der Waals surface area contributed by atoms with Crippen LogP contribution in [0.3, 0.4) is 0 Å². The summed E-state index contributed by atoms with van der Waals surface area (Å²) in [7, 11) is 0. The number of carbonyl (C=O) groups excluding carboxylic acids is 1. The minimum Gasteiger partial charge on any atom is -1.00 e. The molecule has 4 rings (SSSR count). The first-order chi connectivity index (χ1) is 15.3. The summed E-state index contributed by atoms with van der Waals surface area (Å²) in [5, 5.41) is 2.91. The molecule has 1 amide bonds. The Morgan fingerprint density at radius 3 is 2.03 bits per heavy atom. The number of hydrogen-bond acceptors (Lipinski definition) is 1. The van der Waals surface area contributed by atoms with Crippen LogP contribution in [0.1, 0.15) is 47.4 Å². The van der Waals surface area contributed by atoms with Crippen LogP contribution in [-0.4, -0.2) is 11.8 Å². The number of carbonyl (C=O) groups is 1. The minimum atomic E-state index is -2.51. The maximum absolute atomic E-state index is 13.1. The Kier molecular flexibility index (Phi) is 11.8. The van der Waals surface area contributed by atoms with Crippen LogP contribution in [0.5, 0.6) is 0 Å². The van der Waals surface area contributed by atoms with Crippen LogP contribution in [-0.2, 0) is 26.0 Å². The number of allylic oxidation sites excluding steroid dienone is 1. The molecule has 0 saturated heterocycles. The Bertz CT molecular complexity index is 993. The van der Waals surface area contributed by atoms with Crippen molar-refractivity contribution in [1.29, 1.82) is 0 Å². The Morgan fingerprint density at radius 1 is 0.848 bits per heavy atom. The Balaban J connectivity index is 0.00000193. The molecule has 1 unspecified atom stereocenters. The first kappa shape index (κ1) is 27.8. The second-order valence-corrected chi connectivity index (χ2v) is 22.7. The second-order valence-electron chi connectivity index (χ2n) is 8.18. The standard InChI is InChI=1S/C12H11Si.C9H7.C6H13NO.2ClH.Zr/c1-3-7-11(8-4-1)13-12-9-5-2-6-10-12;1-2-5-9-7-3-6-8(9)4-1;1-2-3-4-5-6(7)8;;;/h1-10,13H;1-7H;2-5H2,1H3,(H2,7,8);2*1H;/q;;;;;+3/p-3. The molecule has 0 saturated carbocycles. The molecule has 171 valence electrons. The molecular formula is C27H30Cl2NOSiZr. The number of fused-ring (bicyclic) bond motifs is 1. The summed E-state index contributed by atoms with van der Waals surface area (Å²) in [4.78, 5) is 13.1. The van der Waals surface area contributed by atoms with Crippen molar-refractivity contribution in [3.8, 4) is 0 Å². The minimum absolute atomic E-state index is 0. The molecule has 1 atom stereocenters. The van der Waals surface area contributed by atoms with Crippen molar-refractivity contribution < 1.29 is 50.8 Å². The quantitative estimate of drug-likeness (QED) is 0.246. The van der Waals surface area contributed by atoms with Crippen LogP contribution < -0.4 is 38.4 Å². The van der Waals surface area contributed by atoms with Crippen LogP contribution in [0.2, 0.25) is 0 Å². The van der Waals surface area contributed by atoms with Crippen LogP contribution in [0.4, 0.5) is 0 Å². The van der Waals surface area contributed by atoms with E-state index < -0.39 is 27.1 Å². The summed E-state index contributed by atoms with van der Waals surface area (Å²) >= 11 is -2.51. The zero-order chi connectivity index (χ0) is 21.5. The van der Waals surface area contributed by atoms with E-state index in [4.69, 9.17) is 0 Å². The van der Waals surface area contributed by atoms with Crippen LogP contribution >= 0.6 is 0 Å². The molecule has 0 radical (unpaired) electrons. The van der Waals surface area contributed by atoms with E-state index >= 15 is 0 Å². The number of benzene rings is 3. The van der Waals surface area contributed by atoms with Crippen LogP contribution in [0, 0.1) is 0 Å². The van der Waals surface area contributed by atoms with Crippen molar-refractivity contribution in [3.63, 3.8) is 0 Å². The monoisotopic (exact) mass is 572 g/mol. The smallest absolute Gasteiger partial charge is 1.00 e. The van der Waals surface area contributed by atoms with Crippen molar-refractivity contribution in [3.05, 3.63) is 102 Å². The fraction of sp³-hybridized carbons (Fsp3) is 0.222. The van der Waals surface area contributed by atoms with Gasteiger partial charge < -0.3 is 24.8 Å². The molecule has 33 heavy (non-hydrogen) atoms. The molecule has 0 aliphatic heterocycles. The van der Waals surface area contributed by atoms with Crippen LogP contribution in [0.25, 0.3) is 6.08 Å². The van der Waals surface area contributed by atoms with E-state index in [-0.39, 0.29) is 30.7 Å². The van der Waals surface area contributed by atoms with Crippen LogP contribution in [0.15, 0.2) is 91.0 Å². The van der Waals surface area contributed by atoms with E-state index in [1.165, 1.54) is 21.5 Å². The van der Waals surface area contributed by atoms with Gasteiger partial charge in [0.2, 0.25) is 0 Å². The zero-order valence-electron chi connectivity index (χ0n) is 18.9. The molecule has 0 aromatic heterocycles. The van der Waals surface area contributed by atoms with Crippen molar-refractivity contribution in [2.45, 2.75) is 36.2 Å². The third-order valence-electron chi connectivity index (χ3n) is 6.00. The van der Waals surface area contributed by atoms with E-state index in [2.05, 4.69) is 107 Å². The summed E-state index contributed by atoms with van der Waals surface area (Å²) in [6, 6.07) is 30.7. The van der Waals surface area contributed by atoms with Gasteiger partial charge in [-0.15, -0.1) is 0 Å². The van der Waals surface area contributed by atoms with E-state index in [0.29, 0.717) is 10.0 Å². The fourth-order valence-electron chi connectivity index (χ4n) is 4.45. The first-order valence-electron chi connectivity index (χ1n) is 11.3. The van der Waals surface area contributed by atoms with Crippen molar-refractivity contribution in [2.75, 3.05) is 0 Å². The molecule has 1 aliphatic carbocycles. The van der Waals surface area contributed by atoms with Crippen molar-refractivity contribution >= 4 is 28.3 Å². The van der Waals surface area contributed by atoms with Gasteiger partial charge >= 0.3 is 196 Å². The van der Waals surface area contributed by atoms with Gasteiger partial charge in [-0.25, -0.2) is 0 Å². The topological polar surface area (TPSA) is 29.1 Å². The summed E-state index contributed by atoms with van der Waals surface area (Å²) in [5.41, 5.74) is 2.73. The van der Waals surface area contributed by atoms with Gasteiger partial charge in [0.15, 0.2) is 0 Å². The normalized spacial score (nSPS) is 13.6. The molecule has 0 spiro atoms. The van der Waals surface area contributed by atoms with E-state index in [9.17, 15) is 4.79 Å². The molecule has 0 heterocycles. The van der Waals surface area contributed by atoms with Gasteiger partial charge in [-0.05, 0) is 0 Å². The van der Waals surface area contributed by atoms with E-state index in [1.807, 2.05) is 0 Å². The molecule has 3 aromatic rings. The molecule has 1 aliphatic rings. The molecular weight excluding hydrogens is 545 g/mol. The molecule has 2 nitrogen and oxygen atoms in total. The predicted molar refractivity (Wildman–Crippen MR) is 130 cm³/mol. The van der Waals surface area contributed by atoms with E-state index in [1.54, 1.807) is 0 Å². The second kappa shape index (κ2) is 14.1. The third-order valence-corrected chi connectivity index (χ3v) is 25.5. The van der Waals surface area contributed by atoms with E-state index in [0.717, 1.165) is 19.3 Å². The van der Waals surface area contributed by atoms with Gasteiger partial charge in [0.05, 0.1) is 0 Å². The molecule has 3 aromatic carbocycles. The number of rotatable bonds is 9. The van der Waals surface area contributed by atoms with Gasteiger partial charge in [-0.2, -0.15) is 0 Å². The number of hydrogen-bond donors (Lipinski definition) is 1. The Hall–Kier alpha value is -1.45. The Morgan fingerprint density at radius 2 is 1.42 bits per heavy atom. The average Bonchev–Trinajstić information content (AvgIpc) is 3.24. The SMILES string of the molecule is CCCCCC(=O)[NH][Zr+2]([CH]1C=Cc2ccccc21)[SiH](c1ccccc1)c1ccccc1.[Cl-].[Cl-]. The molecule has 6 heteroatoms. The largest absolute Gasteiger partial charge is 1.00 e. The number of unbranched alkanes of at least 4 members (excludes halogenated alkanes) is 2. The molecule has 0 bridgehead atoms. The summed E-state index contributed by atoms with van der Waals surface area (Å²) in [6.07, 6.45) is 8.56. The number of amides is 1. The third kappa shape index (κ3) is 7.02. The summed E-state index contributed by atoms with van der Waals surface area (Å²) in [5.74, 6) is -1.29. The summed E-state index contributed by atoms with van der Waals surface area (Å²) in [6.45, 7) is 2.19. The van der Waals surface area contributed by atoms with Crippen molar-refractivity contribution in [2.24, 2.45) is 0 Å². The Labute approximate surface area is 219 Å². The van der Waals surface area contributed by atoms with Gasteiger partial charge in [-0.3, -0.25) is 0 Å². The predicted octanol–water partition coefficient (Wildman–Crippen LogP) is -1.47. The molecule has 1 N–H and O–H groups in total. The van der Waals surface area contributed by atoms with Gasteiger partial charge in [-0.1, -0.05) is 0 Å². The zero-order valence-corrected chi connectivity index (χ0v) is 24.0. The average molecular weight is 575 g/mol.